The van der Waals surface area contributed by atoms with Crippen LogP contribution in [0.2, 0.25) is 5.02 Å². The molecule has 1 aromatic rings. The third-order valence-electron chi connectivity index (χ3n) is 3.15. The zero-order valence-corrected chi connectivity index (χ0v) is 13.5. The highest BCUT2D eigenvalue weighted by atomic mass is 35.5. The minimum Gasteiger partial charge on any atom is -0.384 e. The fourth-order valence-electron chi connectivity index (χ4n) is 2.05. The van der Waals surface area contributed by atoms with Crippen molar-refractivity contribution in [1.82, 2.24) is 14.7 Å². The molecular weight excluding hydrogens is 282 g/mol. The van der Waals surface area contributed by atoms with Crippen molar-refractivity contribution in [3.8, 4) is 0 Å². The Bertz CT molecular complexity index is 417. The molecule has 0 radical (unpaired) electrons. The van der Waals surface area contributed by atoms with Crippen LogP contribution in [0.3, 0.4) is 0 Å². The van der Waals surface area contributed by atoms with Gasteiger partial charge in [-0.2, -0.15) is 5.10 Å². The highest BCUT2D eigenvalue weighted by molar-refractivity contribution is 6.31. The zero-order valence-electron chi connectivity index (χ0n) is 12.8. The van der Waals surface area contributed by atoms with Crippen LogP contribution in [0.1, 0.15) is 19.0 Å². The number of ether oxygens (including phenoxy) is 2. The average Bonchev–Trinajstić information content (AvgIpc) is 2.75. The van der Waals surface area contributed by atoms with Gasteiger partial charge in [0, 0.05) is 27.2 Å². The molecule has 1 atom stereocenters. The van der Waals surface area contributed by atoms with Crippen molar-refractivity contribution in [3.05, 3.63) is 16.9 Å². The molecule has 1 unspecified atom stereocenters. The third kappa shape index (κ3) is 4.43. The molecular formula is C13H24ClN3O3. The van der Waals surface area contributed by atoms with Crippen LogP contribution in [0.25, 0.3) is 0 Å². The molecule has 1 N–H and O–H groups in total. The topological polar surface area (TPSA) is 59.8 Å². The second-order valence-corrected chi connectivity index (χ2v) is 5.65. The summed E-state index contributed by atoms with van der Waals surface area (Å²) in [5.41, 5.74) is -0.601. The van der Waals surface area contributed by atoms with E-state index in [1.54, 1.807) is 17.8 Å². The highest BCUT2D eigenvalue weighted by Crippen LogP contribution is 2.32. The maximum atomic E-state index is 10.7. The standard InChI is InChI=1S/C13H24ClN3O3/c1-13(18,8-11(19-4)20-5)12-10(14)9-15-17(12)7-6-16(2)3/h9,11,18H,6-8H2,1-5H3. The van der Waals surface area contributed by atoms with Gasteiger partial charge >= 0.3 is 0 Å². The van der Waals surface area contributed by atoms with Crippen LogP contribution in [0, 0.1) is 0 Å². The van der Waals surface area contributed by atoms with Crippen molar-refractivity contribution < 1.29 is 14.6 Å². The minimum absolute atomic E-state index is 0.271. The predicted molar refractivity (Wildman–Crippen MR) is 77.8 cm³/mol. The Morgan fingerprint density at radius 1 is 1.45 bits per heavy atom. The number of aliphatic hydroxyl groups is 1. The van der Waals surface area contributed by atoms with Gasteiger partial charge in [0.1, 0.15) is 5.60 Å². The Hall–Kier alpha value is -0.660. The summed E-state index contributed by atoms with van der Waals surface area (Å²) in [6.07, 6.45) is 1.32. The van der Waals surface area contributed by atoms with Gasteiger partial charge < -0.3 is 19.5 Å². The summed E-state index contributed by atoms with van der Waals surface area (Å²) in [5, 5.41) is 15.4. The molecule has 0 fully saturated rings. The molecule has 116 valence electrons. The van der Waals surface area contributed by atoms with E-state index in [1.807, 2.05) is 19.0 Å². The van der Waals surface area contributed by atoms with E-state index in [0.29, 0.717) is 17.3 Å². The van der Waals surface area contributed by atoms with Crippen molar-refractivity contribution in [2.75, 3.05) is 34.9 Å². The monoisotopic (exact) mass is 305 g/mol. The largest absolute Gasteiger partial charge is 0.384 e. The van der Waals surface area contributed by atoms with Crippen LogP contribution >= 0.6 is 11.6 Å². The lowest BCUT2D eigenvalue weighted by atomic mass is 9.97. The number of hydrogen-bond donors (Lipinski definition) is 1. The van der Waals surface area contributed by atoms with E-state index in [-0.39, 0.29) is 6.42 Å². The molecule has 0 amide bonds. The SMILES string of the molecule is COC(CC(C)(O)c1c(Cl)cnn1CCN(C)C)OC. The maximum Gasteiger partial charge on any atom is 0.159 e. The number of nitrogens with zero attached hydrogens (tertiary/aromatic N) is 3. The van der Waals surface area contributed by atoms with Gasteiger partial charge in [-0.25, -0.2) is 0 Å². The Balaban J connectivity index is 2.95. The molecule has 1 heterocycles. The molecule has 1 rings (SSSR count). The Kier molecular flexibility index (Phi) is 6.42. The number of likely N-dealkylation sites (N-methyl/N-ethyl adjacent to an activating group) is 1. The molecule has 0 saturated heterocycles. The summed E-state index contributed by atoms with van der Waals surface area (Å²) >= 11 is 6.18. The van der Waals surface area contributed by atoms with Crippen LogP contribution in [0.5, 0.6) is 0 Å². The van der Waals surface area contributed by atoms with E-state index >= 15 is 0 Å². The maximum absolute atomic E-state index is 10.7. The fraction of sp³-hybridized carbons (Fsp3) is 0.769. The summed E-state index contributed by atoms with van der Waals surface area (Å²) in [5.74, 6) is 0. The van der Waals surface area contributed by atoms with Gasteiger partial charge in [0.25, 0.3) is 0 Å². The first-order valence-corrected chi connectivity index (χ1v) is 6.84. The number of hydrogen-bond acceptors (Lipinski definition) is 5. The molecule has 0 spiro atoms. The lowest BCUT2D eigenvalue weighted by molar-refractivity contribution is -0.143. The summed E-state index contributed by atoms with van der Waals surface area (Å²) in [6.45, 7) is 3.14. The van der Waals surface area contributed by atoms with Gasteiger partial charge in [0.15, 0.2) is 6.29 Å². The smallest absolute Gasteiger partial charge is 0.159 e. The highest BCUT2D eigenvalue weighted by Gasteiger charge is 2.33. The van der Waals surface area contributed by atoms with Crippen molar-refractivity contribution in [1.29, 1.82) is 0 Å². The Morgan fingerprint density at radius 3 is 2.55 bits per heavy atom. The molecule has 0 aliphatic rings. The third-order valence-corrected chi connectivity index (χ3v) is 3.43. The average molecular weight is 306 g/mol. The predicted octanol–water partition coefficient (Wildman–Crippen LogP) is 1.31. The first-order valence-electron chi connectivity index (χ1n) is 6.46. The number of rotatable bonds is 8. The zero-order chi connectivity index (χ0) is 15.3. The van der Waals surface area contributed by atoms with Gasteiger partial charge in [0.2, 0.25) is 0 Å². The van der Waals surface area contributed by atoms with Crippen molar-refractivity contribution >= 4 is 11.6 Å². The fourth-order valence-corrected chi connectivity index (χ4v) is 2.39. The van der Waals surface area contributed by atoms with Gasteiger partial charge in [-0.05, 0) is 21.0 Å². The van der Waals surface area contributed by atoms with Crippen molar-refractivity contribution in [3.63, 3.8) is 0 Å². The van der Waals surface area contributed by atoms with Crippen LogP contribution in [0.15, 0.2) is 6.20 Å². The number of methoxy groups -OCH3 is 2. The van der Waals surface area contributed by atoms with E-state index in [4.69, 9.17) is 21.1 Å². The second kappa shape index (κ2) is 7.38. The molecule has 1 aromatic heterocycles. The van der Waals surface area contributed by atoms with Crippen molar-refractivity contribution in [2.45, 2.75) is 31.8 Å². The van der Waals surface area contributed by atoms with Crippen LogP contribution < -0.4 is 0 Å². The minimum atomic E-state index is -1.18. The first-order chi connectivity index (χ1) is 9.31. The normalized spacial score (nSPS) is 15.1. The second-order valence-electron chi connectivity index (χ2n) is 5.25. The molecule has 6 nitrogen and oxygen atoms in total. The molecule has 0 aliphatic carbocycles. The lowest BCUT2D eigenvalue weighted by Gasteiger charge is -2.28. The van der Waals surface area contributed by atoms with E-state index in [0.717, 1.165) is 6.54 Å². The summed E-state index contributed by atoms with van der Waals surface area (Å²) < 4.78 is 12.0. The van der Waals surface area contributed by atoms with Crippen LogP contribution in [-0.4, -0.2) is 60.9 Å². The first kappa shape index (κ1) is 17.4. The number of halogens is 1. The Morgan fingerprint density at radius 2 is 2.05 bits per heavy atom. The van der Waals surface area contributed by atoms with Crippen molar-refractivity contribution in [2.24, 2.45) is 0 Å². The van der Waals surface area contributed by atoms with E-state index in [2.05, 4.69) is 5.10 Å². The molecule has 20 heavy (non-hydrogen) atoms. The van der Waals surface area contributed by atoms with Crippen LogP contribution in [0.4, 0.5) is 0 Å². The molecule has 0 saturated carbocycles. The molecule has 7 heteroatoms. The Labute approximate surface area is 125 Å². The molecule has 0 bridgehead atoms. The van der Waals surface area contributed by atoms with E-state index in [9.17, 15) is 5.11 Å². The van der Waals surface area contributed by atoms with Gasteiger partial charge in [-0.15, -0.1) is 0 Å². The number of aromatic nitrogens is 2. The van der Waals surface area contributed by atoms with E-state index < -0.39 is 11.9 Å². The quantitative estimate of drug-likeness (QED) is 0.734. The van der Waals surface area contributed by atoms with E-state index in [1.165, 1.54) is 14.2 Å². The van der Waals surface area contributed by atoms with Crippen LogP contribution in [-0.2, 0) is 21.6 Å². The summed E-state index contributed by atoms with van der Waals surface area (Å²) in [7, 11) is 7.04. The molecule has 0 aliphatic heterocycles. The summed E-state index contributed by atoms with van der Waals surface area (Å²) in [4.78, 5) is 2.04. The lowest BCUT2D eigenvalue weighted by Crippen LogP contribution is -2.33. The van der Waals surface area contributed by atoms with Gasteiger partial charge in [0.05, 0.1) is 23.5 Å². The molecule has 0 aromatic carbocycles. The van der Waals surface area contributed by atoms with Gasteiger partial charge in [-0.1, -0.05) is 11.6 Å². The summed E-state index contributed by atoms with van der Waals surface area (Å²) in [6, 6.07) is 0. The van der Waals surface area contributed by atoms with Gasteiger partial charge in [-0.3, -0.25) is 4.68 Å².